The van der Waals surface area contributed by atoms with Gasteiger partial charge < -0.3 is 5.73 Å². The lowest BCUT2D eigenvalue weighted by Crippen LogP contribution is -2.06. The Morgan fingerprint density at radius 2 is 2.00 bits per heavy atom. The molecule has 0 aliphatic carbocycles. The van der Waals surface area contributed by atoms with Crippen LogP contribution in [0.1, 0.15) is 11.4 Å². The zero-order valence-corrected chi connectivity index (χ0v) is 12.0. The number of nitrogens with two attached hydrogens (primary N) is 1. The Balaban J connectivity index is 1.67. The predicted molar refractivity (Wildman–Crippen MR) is 77.2 cm³/mol. The summed E-state index contributed by atoms with van der Waals surface area (Å²) in [6.07, 6.45) is 0. The van der Waals surface area contributed by atoms with Crippen LogP contribution in [0.25, 0.3) is 0 Å². The van der Waals surface area contributed by atoms with Crippen LogP contribution in [0.15, 0.2) is 34.7 Å². The number of thioether (sulfide) groups is 1. The fourth-order valence-electron chi connectivity index (χ4n) is 1.61. The monoisotopic (exact) mass is 305 g/mol. The molecule has 0 spiro atoms. The summed E-state index contributed by atoms with van der Waals surface area (Å²) in [7, 11) is 0. The van der Waals surface area contributed by atoms with E-state index in [1.54, 1.807) is 4.68 Å². The smallest absolute Gasteiger partial charge is 0.203 e. The maximum absolute atomic E-state index is 5.55. The normalized spacial score (nSPS) is 10.8. The summed E-state index contributed by atoms with van der Waals surface area (Å²) in [5, 5.41) is 20.0. The first-order valence-electron chi connectivity index (χ1n) is 5.82. The lowest BCUT2D eigenvalue weighted by atomic mass is 10.2. The van der Waals surface area contributed by atoms with E-state index in [1.807, 2.05) is 30.3 Å². The Bertz CT molecular complexity index is 679. The standard InChI is InChI=1S/C11H11N7S2/c12-10-14-15-11(20-10)19-7-9-13-16-17-18(9)6-8-4-2-1-3-5-8/h1-5H,6-7H2,(H2,12,14). The minimum absolute atomic E-state index is 0.469. The lowest BCUT2D eigenvalue weighted by Gasteiger charge is -2.03. The molecule has 2 aromatic heterocycles. The molecule has 0 amide bonds. The van der Waals surface area contributed by atoms with Crippen molar-refractivity contribution < 1.29 is 0 Å². The molecule has 7 nitrogen and oxygen atoms in total. The lowest BCUT2D eigenvalue weighted by molar-refractivity contribution is 0.631. The highest BCUT2D eigenvalue weighted by molar-refractivity contribution is 8.00. The molecule has 0 aliphatic heterocycles. The molecule has 0 saturated heterocycles. The highest BCUT2D eigenvalue weighted by Crippen LogP contribution is 2.26. The van der Waals surface area contributed by atoms with Gasteiger partial charge in [0.1, 0.15) is 0 Å². The van der Waals surface area contributed by atoms with Gasteiger partial charge >= 0.3 is 0 Å². The first kappa shape index (κ1) is 13.0. The van der Waals surface area contributed by atoms with E-state index in [-0.39, 0.29) is 0 Å². The van der Waals surface area contributed by atoms with E-state index in [0.717, 1.165) is 15.7 Å². The molecule has 0 radical (unpaired) electrons. The van der Waals surface area contributed by atoms with Crippen LogP contribution in [-0.4, -0.2) is 30.4 Å². The molecule has 3 aromatic rings. The van der Waals surface area contributed by atoms with Gasteiger partial charge in [0.15, 0.2) is 10.2 Å². The minimum Gasteiger partial charge on any atom is -0.374 e. The summed E-state index contributed by atoms with van der Waals surface area (Å²) < 4.78 is 2.60. The topological polar surface area (TPSA) is 95.4 Å². The van der Waals surface area contributed by atoms with Gasteiger partial charge in [-0.3, -0.25) is 0 Å². The van der Waals surface area contributed by atoms with E-state index < -0.39 is 0 Å². The number of hydrogen-bond acceptors (Lipinski definition) is 8. The van der Waals surface area contributed by atoms with E-state index >= 15 is 0 Å². The number of anilines is 1. The highest BCUT2D eigenvalue weighted by atomic mass is 32.2. The van der Waals surface area contributed by atoms with Crippen molar-refractivity contribution in [2.24, 2.45) is 0 Å². The van der Waals surface area contributed by atoms with Crippen LogP contribution >= 0.6 is 23.1 Å². The third-order valence-corrected chi connectivity index (χ3v) is 4.41. The molecule has 0 atom stereocenters. The molecule has 0 unspecified atom stereocenters. The van der Waals surface area contributed by atoms with E-state index in [0.29, 0.717) is 17.4 Å². The number of benzene rings is 1. The first-order valence-corrected chi connectivity index (χ1v) is 7.62. The summed E-state index contributed by atoms with van der Waals surface area (Å²) in [5.74, 6) is 1.43. The van der Waals surface area contributed by atoms with Gasteiger partial charge in [-0.1, -0.05) is 53.4 Å². The van der Waals surface area contributed by atoms with Gasteiger partial charge in [-0.05, 0) is 16.0 Å². The average molecular weight is 305 g/mol. The molecule has 0 fully saturated rings. The molecule has 0 bridgehead atoms. The van der Waals surface area contributed by atoms with Gasteiger partial charge in [0.05, 0.1) is 12.3 Å². The second-order valence-corrected chi connectivity index (χ2v) is 6.16. The Hall–Kier alpha value is -2.00. The second kappa shape index (κ2) is 5.97. The quantitative estimate of drug-likeness (QED) is 0.713. The van der Waals surface area contributed by atoms with Crippen molar-refractivity contribution in [1.29, 1.82) is 0 Å². The van der Waals surface area contributed by atoms with Crippen LogP contribution < -0.4 is 5.73 Å². The summed E-state index contributed by atoms with van der Waals surface area (Å²) in [6, 6.07) is 10.1. The van der Waals surface area contributed by atoms with Crippen LogP contribution in [0.4, 0.5) is 5.13 Å². The molecule has 0 aliphatic rings. The Kier molecular flexibility index (Phi) is 3.88. The zero-order chi connectivity index (χ0) is 13.8. The first-order chi connectivity index (χ1) is 9.81. The fourth-order valence-corrected chi connectivity index (χ4v) is 3.18. The molecule has 1 aromatic carbocycles. The molecule has 20 heavy (non-hydrogen) atoms. The van der Waals surface area contributed by atoms with Crippen molar-refractivity contribution in [3.8, 4) is 0 Å². The third-order valence-electron chi connectivity index (χ3n) is 2.53. The van der Waals surface area contributed by atoms with Crippen LogP contribution in [0.3, 0.4) is 0 Å². The molecule has 0 saturated carbocycles. The summed E-state index contributed by atoms with van der Waals surface area (Å²) >= 11 is 2.89. The number of hydrogen-bond donors (Lipinski definition) is 1. The van der Waals surface area contributed by atoms with Crippen LogP contribution in [-0.2, 0) is 12.3 Å². The third kappa shape index (κ3) is 3.11. The van der Waals surface area contributed by atoms with Crippen molar-refractivity contribution in [2.45, 2.75) is 16.6 Å². The van der Waals surface area contributed by atoms with Gasteiger partial charge in [0, 0.05) is 0 Å². The van der Waals surface area contributed by atoms with Crippen molar-refractivity contribution in [3.63, 3.8) is 0 Å². The minimum atomic E-state index is 0.469. The van der Waals surface area contributed by atoms with Gasteiger partial charge in [0.25, 0.3) is 0 Å². The van der Waals surface area contributed by atoms with Gasteiger partial charge in [-0.2, -0.15) is 0 Å². The Labute approximate surface area is 123 Å². The largest absolute Gasteiger partial charge is 0.374 e. The van der Waals surface area contributed by atoms with Crippen molar-refractivity contribution in [1.82, 2.24) is 30.4 Å². The maximum atomic E-state index is 5.55. The summed E-state index contributed by atoms with van der Waals surface area (Å²) in [6.45, 7) is 0.655. The number of aromatic nitrogens is 6. The summed E-state index contributed by atoms with van der Waals surface area (Å²) in [5.41, 5.74) is 6.70. The van der Waals surface area contributed by atoms with Crippen LogP contribution in [0.5, 0.6) is 0 Å². The zero-order valence-electron chi connectivity index (χ0n) is 10.4. The molecular weight excluding hydrogens is 294 g/mol. The predicted octanol–water partition coefficient (Wildman–Crippen LogP) is 1.45. The fraction of sp³-hybridized carbons (Fsp3) is 0.182. The molecule has 102 valence electrons. The van der Waals surface area contributed by atoms with Crippen molar-refractivity contribution >= 4 is 28.2 Å². The van der Waals surface area contributed by atoms with Crippen molar-refractivity contribution in [2.75, 3.05) is 5.73 Å². The number of tetrazole rings is 1. The molecule has 2 heterocycles. The molecule has 9 heteroatoms. The number of rotatable bonds is 5. The maximum Gasteiger partial charge on any atom is 0.203 e. The summed E-state index contributed by atoms with van der Waals surface area (Å²) in [4.78, 5) is 0. The van der Waals surface area contributed by atoms with Gasteiger partial charge in [0.2, 0.25) is 5.13 Å². The number of nitrogen functional groups attached to an aromatic ring is 1. The second-order valence-electron chi connectivity index (χ2n) is 3.93. The molecular formula is C11H11N7S2. The molecule has 3 rings (SSSR count). The van der Waals surface area contributed by atoms with E-state index in [2.05, 4.69) is 25.7 Å². The van der Waals surface area contributed by atoms with E-state index in [1.165, 1.54) is 23.1 Å². The van der Waals surface area contributed by atoms with E-state index in [4.69, 9.17) is 5.73 Å². The SMILES string of the molecule is Nc1nnc(SCc2nnnn2Cc2ccccc2)s1. The van der Waals surface area contributed by atoms with E-state index in [9.17, 15) is 0 Å². The van der Waals surface area contributed by atoms with Gasteiger partial charge in [-0.15, -0.1) is 15.3 Å². The van der Waals surface area contributed by atoms with Gasteiger partial charge in [-0.25, -0.2) is 4.68 Å². The Morgan fingerprint density at radius 3 is 2.75 bits per heavy atom. The van der Waals surface area contributed by atoms with Crippen LogP contribution in [0.2, 0.25) is 0 Å². The molecule has 2 N–H and O–H groups in total. The van der Waals surface area contributed by atoms with Crippen molar-refractivity contribution in [3.05, 3.63) is 41.7 Å². The highest BCUT2D eigenvalue weighted by Gasteiger charge is 2.09. The Morgan fingerprint density at radius 1 is 1.15 bits per heavy atom. The number of nitrogens with zero attached hydrogens (tertiary/aromatic N) is 6. The average Bonchev–Trinajstić information content (AvgIpc) is 3.07. The van der Waals surface area contributed by atoms with Crippen LogP contribution in [0, 0.1) is 0 Å².